The summed E-state index contributed by atoms with van der Waals surface area (Å²) in [4.78, 5) is 10.4. The molecular formula is C18H16N2O3. The van der Waals surface area contributed by atoms with E-state index in [1.165, 1.54) is 0 Å². The summed E-state index contributed by atoms with van der Waals surface area (Å²) < 4.78 is 0. The van der Waals surface area contributed by atoms with E-state index in [1.54, 1.807) is 18.2 Å². The molecule has 1 aliphatic carbocycles. The van der Waals surface area contributed by atoms with Crippen molar-refractivity contribution < 1.29 is 10.0 Å². The number of phenols is 1. The molecule has 0 spiro atoms. The Morgan fingerprint density at radius 1 is 1.17 bits per heavy atom. The molecule has 1 aliphatic heterocycles. The predicted molar refractivity (Wildman–Crippen MR) is 87.6 cm³/mol. The number of benzene rings is 2. The van der Waals surface area contributed by atoms with Crippen molar-refractivity contribution in [1.29, 1.82) is 0 Å². The van der Waals surface area contributed by atoms with Crippen molar-refractivity contribution in [1.82, 2.24) is 0 Å². The Balaban J connectivity index is 1.73. The highest BCUT2D eigenvalue weighted by Crippen LogP contribution is 2.50. The molecule has 0 radical (unpaired) electrons. The lowest BCUT2D eigenvalue weighted by Gasteiger charge is -2.37. The molecule has 116 valence electrons. The maximum atomic E-state index is 10.8. The second-order valence-electron chi connectivity index (χ2n) is 6.10. The highest BCUT2D eigenvalue weighted by molar-refractivity contribution is 5.61. The third kappa shape index (κ3) is 2.25. The zero-order chi connectivity index (χ0) is 16.0. The SMILES string of the molecule is O=[N+]([O-])c1ccc(C2Nc3ccc(O)cc3C3C=CCC32)cc1. The van der Waals surface area contributed by atoms with Gasteiger partial charge in [0.25, 0.3) is 5.69 Å². The molecule has 3 atom stereocenters. The van der Waals surface area contributed by atoms with Crippen LogP contribution in [0.4, 0.5) is 11.4 Å². The standard InChI is InChI=1S/C18H16N2O3/c21-13-8-9-17-16(10-13)14-2-1-3-15(14)18(19-17)11-4-6-12(7-5-11)20(22)23/h1-2,4-10,14-15,18-19,21H,3H2. The number of nitrogens with zero attached hydrogens (tertiary/aromatic N) is 1. The third-order valence-corrected chi connectivity index (χ3v) is 4.81. The van der Waals surface area contributed by atoms with E-state index in [0.29, 0.717) is 5.92 Å². The molecule has 5 heteroatoms. The molecule has 0 saturated heterocycles. The van der Waals surface area contributed by atoms with E-state index in [1.807, 2.05) is 24.3 Å². The number of allylic oxidation sites excluding steroid dienone is 2. The Labute approximate surface area is 133 Å². The van der Waals surface area contributed by atoms with Crippen LogP contribution in [0.3, 0.4) is 0 Å². The van der Waals surface area contributed by atoms with Gasteiger partial charge in [0.05, 0.1) is 11.0 Å². The first-order chi connectivity index (χ1) is 11.1. The van der Waals surface area contributed by atoms with Gasteiger partial charge < -0.3 is 10.4 Å². The zero-order valence-electron chi connectivity index (χ0n) is 12.3. The quantitative estimate of drug-likeness (QED) is 0.378. The van der Waals surface area contributed by atoms with E-state index in [0.717, 1.165) is 23.2 Å². The van der Waals surface area contributed by atoms with Gasteiger partial charge in [-0.3, -0.25) is 10.1 Å². The maximum Gasteiger partial charge on any atom is 0.269 e. The summed E-state index contributed by atoms with van der Waals surface area (Å²) >= 11 is 0. The average molecular weight is 308 g/mol. The van der Waals surface area contributed by atoms with E-state index in [9.17, 15) is 15.2 Å². The van der Waals surface area contributed by atoms with Gasteiger partial charge in [0.1, 0.15) is 5.75 Å². The summed E-state index contributed by atoms with van der Waals surface area (Å²) in [5.74, 6) is 0.891. The molecule has 0 fully saturated rings. The van der Waals surface area contributed by atoms with E-state index >= 15 is 0 Å². The lowest BCUT2D eigenvalue weighted by atomic mass is 9.77. The maximum absolute atomic E-state index is 10.8. The smallest absolute Gasteiger partial charge is 0.269 e. The van der Waals surface area contributed by atoms with Gasteiger partial charge in [0.2, 0.25) is 0 Å². The molecule has 1 heterocycles. The van der Waals surface area contributed by atoms with Gasteiger partial charge in [-0.1, -0.05) is 24.3 Å². The van der Waals surface area contributed by atoms with Gasteiger partial charge >= 0.3 is 0 Å². The van der Waals surface area contributed by atoms with Gasteiger partial charge in [-0.15, -0.1) is 0 Å². The fraction of sp³-hybridized carbons (Fsp3) is 0.222. The number of fused-ring (bicyclic) bond motifs is 3. The van der Waals surface area contributed by atoms with Crippen LogP contribution >= 0.6 is 0 Å². The number of phenolic OH excluding ortho intramolecular Hbond substituents is 1. The predicted octanol–water partition coefficient (Wildman–Crippen LogP) is 4.13. The molecule has 0 saturated carbocycles. The van der Waals surface area contributed by atoms with Crippen LogP contribution in [-0.4, -0.2) is 10.0 Å². The molecular weight excluding hydrogens is 292 g/mol. The Morgan fingerprint density at radius 2 is 1.96 bits per heavy atom. The molecule has 5 nitrogen and oxygen atoms in total. The van der Waals surface area contributed by atoms with Crippen LogP contribution in [0.5, 0.6) is 5.75 Å². The number of nitro benzene ring substituents is 1. The fourth-order valence-corrected chi connectivity index (χ4v) is 3.72. The highest BCUT2D eigenvalue weighted by atomic mass is 16.6. The number of nitrogens with one attached hydrogen (secondary N) is 1. The van der Waals surface area contributed by atoms with Gasteiger partial charge in [0, 0.05) is 23.7 Å². The number of hydrogen-bond donors (Lipinski definition) is 2. The Morgan fingerprint density at radius 3 is 2.70 bits per heavy atom. The third-order valence-electron chi connectivity index (χ3n) is 4.81. The van der Waals surface area contributed by atoms with Crippen LogP contribution in [0.1, 0.15) is 29.5 Å². The second kappa shape index (κ2) is 5.12. The number of non-ortho nitro benzene ring substituents is 1. The normalized spacial score (nSPS) is 24.6. The second-order valence-corrected chi connectivity index (χ2v) is 6.10. The lowest BCUT2D eigenvalue weighted by Crippen LogP contribution is -2.28. The molecule has 0 bridgehead atoms. The summed E-state index contributed by atoms with van der Waals surface area (Å²) in [6.45, 7) is 0. The van der Waals surface area contributed by atoms with Gasteiger partial charge in [-0.2, -0.15) is 0 Å². The van der Waals surface area contributed by atoms with Gasteiger partial charge in [0.15, 0.2) is 0 Å². The summed E-state index contributed by atoms with van der Waals surface area (Å²) in [6, 6.07) is 12.3. The molecule has 23 heavy (non-hydrogen) atoms. The molecule has 2 aliphatic rings. The zero-order valence-corrected chi connectivity index (χ0v) is 12.3. The average Bonchev–Trinajstić information content (AvgIpc) is 3.04. The molecule has 2 N–H and O–H groups in total. The van der Waals surface area contributed by atoms with Crippen LogP contribution in [-0.2, 0) is 0 Å². The van der Waals surface area contributed by atoms with Crippen molar-refractivity contribution in [3.63, 3.8) is 0 Å². The highest BCUT2D eigenvalue weighted by Gasteiger charge is 2.38. The van der Waals surface area contributed by atoms with Crippen LogP contribution < -0.4 is 5.32 Å². The monoisotopic (exact) mass is 308 g/mol. The number of aromatic hydroxyl groups is 1. The number of anilines is 1. The van der Waals surface area contributed by atoms with Crippen molar-refractivity contribution in [2.45, 2.75) is 18.4 Å². The molecule has 2 aromatic rings. The minimum atomic E-state index is -0.379. The summed E-state index contributed by atoms with van der Waals surface area (Å²) in [5, 5.41) is 24.1. The minimum Gasteiger partial charge on any atom is -0.508 e. The molecule has 4 rings (SSSR count). The Hall–Kier alpha value is -2.82. The fourth-order valence-electron chi connectivity index (χ4n) is 3.72. The van der Waals surface area contributed by atoms with Crippen molar-refractivity contribution in [3.05, 3.63) is 75.9 Å². The largest absolute Gasteiger partial charge is 0.508 e. The van der Waals surface area contributed by atoms with E-state index in [2.05, 4.69) is 17.5 Å². The summed E-state index contributed by atoms with van der Waals surface area (Å²) in [7, 11) is 0. The Bertz CT molecular complexity index is 798. The number of rotatable bonds is 2. The minimum absolute atomic E-state index is 0.104. The number of nitro groups is 1. The molecule has 2 aromatic carbocycles. The molecule has 0 aromatic heterocycles. The van der Waals surface area contributed by atoms with Gasteiger partial charge in [-0.05, 0) is 41.7 Å². The summed E-state index contributed by atoms with van der Waals surface area (Å²) in [5.41, 5.74) is 3.28. The molecule has 0 amide bonds. The summed E-state index contributed by atoms with van der Waals surface area (Å²) in [6.07, 6.45) is 5.32. The van der Waals surface area contributed by atoms with Gasteiger partial charge in [-0.25, -0.2) is 0 Å². The van der Waals surface area contributed by atoms with E-state index in [4.69, 9.17) is 0 Å². The first kappa shape index (κ1) is 13.8. The lowest BCUT2D eigenvalue weighted by molar-refractivity contribution is -0.384. The van der Waals surface area contributed by atoms with Crippen LogP contribution in [0.15, 0.2) is 54.6 Å². The number of hydrogen-bond acceptors (Lipinski definition) is 4. The molecule has 3 unspecified atom stereocenters. The van der Waals surface area contributed by atoms with E-state index in [-0.39, 0.29) is 28.3 Å². The first-order valence-corrected chi connectivity index (χ1v) is 7.64. The van der Waals surface area contributed by atoms with Crippen molar-refractivity contribution >= 4 is 11.4 Å². The Kier molecular flexibility index (Phi) is 3.08. The van der Waals surface area contributed by atoms with Crippen LogP contribution in [0.25, 0.3) is 0 Å². The van der Waals surface area contributed by atoms with Crippen LogP contribution in [0.2, 0.25) is 0 Å². The van der Waals surface area contributed by atoms with Crippen molar-refractivity contribution in [2.75, 3.05) is 5.32 Å². The van der Waals surface area contributed by atoms with Crippen LogP contribution in [0, 0.1) is 16.0 Å². The topological polar surface area (TPSA) is 75.4 Å². The first-order valence-electron chi connectivity index (χ1n) is 7.64. The van der Waals surface area contributed by atoms with Crippen molar-refractivity contribution in [3.8, 4) is 5.75 Å². The van der Waals surface area contributed by atoms with Crippen molar-refractivity contribution in [2.24, 2.45) is 5.92 Å². The van der Waals surface area contributed by atoms with E-state index < -0.39 is 0 Å².